The Labute approximate surface area is 152 Å². The zero-order valence-electron chi connectivity index (χ0n) is 13.8. The number of nitrogens with one attached hydrogen (secondary N) is 1. The Bertz CT molecular complexity index is 1150. The second kappa shape index (κ2) is 7.31. The second-order valence-corrected chi connectivity index (χ2v) is 7.46. The fraction of sp³-hybridized carbons (Fsp3) is 0.176. The number of halogens is 2. The molecule has 0 saturated carbocycles. The minimum Gasteiger partial charge on any atom is -0.459 e. The van der Waals surface area contributed by atoms with Gasteiger partial charge in [-0.2, -0.15) is 8.78 Å². The summed E-state index contributed by atoms with van der Waals surface area (Å²) >= 11 is 0. The van der Waals surface area contributed by atoms with Crippen molar-refractivity contribution in [2.24, 2.45) is 0 Å². The van der Waals surface area contributed by atoms with Crippen LogP contribution in [-0.2, 0) is 16.4 Å². The van der Waals surface area contributed by atoms with E-state index in [1.807, 2.05) is 0 Å². The SMILES string of the molecule is O=C(NCCn1ccc2ccoc2c1=O)c1ccccc1S(=O)(=O)C(F)F. The fourth-order valence-electron chi connectivity index (χ4n) is 2.55. The van der Waals surface area contributed by atoms with Crippen LogP contribution in [0.3, 0.4) is 0 Å². The first-order chi connectivity index (χ1) is 12.8. The summed E-state index contributed by atoms with van der Waals surface area (Å²) in [6.07, 6.45) is 2.92. The van der Waals surface area contributed by atoms with E-state index in [4.69, 9.17) is 4.42 Å². The Morgan fingerprint density at radius 2 is 1.93 bits per heavy atom. The number of hydrogen-bond acceptors (Lipinski definition) is 5. The van der Waals surface area contributed by atoms with Gasteiger partial charge >= 0.3 is 5.76 Å². The van der Waals surface area contributed by atoms with Crippen LogP contribution in [0.5, 0.6) is 0 Å². The number of rotatable bonds is 6. The van der Waals surface area contributed by atoms with Gasteiger partial charge in [0, 0.05) is 24.7 Å². The highest BCUT2D eigenvalue weighted by atomic mass is 32.2. The van der Waals surface area contributed by atoms with Crippen LogP contribution in [0.2, 0.25) is 0 Å². The lowest BCUT2D eigenvalue weighted by atomic mass is 10.2. The minimum absolute atomic E-state index is 0.0198. The van der Waals surface area contributed by atoms with Gasteiger partial charge in [-0.05, 0) is 24.3 Å². The molecule has 1 amide bonds. The zero-order valence-corrected chi connectivity index (χ0v) is 14.6. The minimum atomic E-state index is -4.92. The molecule has 3 aromatic rings. The molecule has 0 aliphatic rings. The number of fused-ring (bicyclic) bond motifs is 1. The molecule has 142 valence electrons. The Balaban J connectivity index is 1.75. The number of pyridine rings is 1. The predicted molar refractivity (Wildman–Crippen MR) is 92.4 cm³/mol. The fourth-order valence-corrected chi connectivity index (χ4v) is 3.48. The van der Waals surface area contributed by atoms with Gasteiger partial charge in [0.1, 0.15) is 0 Å². The van der Waals surface area contributed by atoms with Gasteiger partial charge in [0.25, 0.3) is 11.5 Å². The highest BCUT2D eigenvalue weighted by molar-refractivity contribution is 7.91. The quantitative estimate of drug-likeness (QED) is 0.687. The van der Waals surface area contributed by atoms with E-state index >= 15 is 0 Å². The van der Waals surface area contributed by atoms with Gasteiger partial charge in [-0.15, -0.1) is 0 Å². The van der Waals surface area contributed by atoms with Gasteiger partial charge in [-0.3, -0.25) is 9.59 Å². The van der Waals surface area contributed by atoms with E-state index in [1.54, 1.807) is 12.1 Å². The average molecular weight is 396 g/mol. The van der Waals surface area contributed by atoms with Crippen molar-refractivity contribution in [2.75, 3.05) is 6.54 Å². The summed E-state index contributed by atoms with van der Waals surface area (Å²) in [5.74, 6) is -4.47. The molecular formula is C17H14F2N2O5S. The molecule has 0 radical (unpaired) electrons. The Hall–Kier alpha value is -3.01. The number of carbonyl (C=O) groups is 1. The Kier molecular flexibility index (Phi) is 5.08. The summed E-state index contributed by atoms with van der Waals surface area (Å²) in [5.41, 5.74) is -0.587. The first-order valence-corrected chi connectivity index (χ1v) is 9.33. The number of hydrogen-bond donors (Lipinski definition) is 1. The molecule has 3 rings (SSSR count). The summed E-state index contributed by atoms with van der Waals surface area (Å²) in [4.78, 5) is 23.7. The highest BCUT2D eigenvalue weighted by Gasteiger charge is 2.30. The molecule has 1 aromatic carbocycles. The molecule has 0 unspecified atom stereocenters. The third-order valence-electron chi connectivity index (χ3n) is 3.90. The molecule has 7 nitrogen and oxygen atoms in total. The number of sulfone groups is 1. The Morgan fingerprint density at radius 1 is 1.19 bits per heavy atom. The highest BCUT2D eigenvalue weighted by Crippen LogP contribution is 2.22. The third-order valence-corrected chi connectivity index (χ3v) is 5.33. The molecule has 1 N–H and O–H groups in total. The molecule has 0 fully saturated rings. The summed E-state index contributed by atoms with van der Waals surface area (Å²) in [7, 11) is -4.92. The van der Waals surface area contributed by atoms with E-state index < -0.39 is 26.4 Å². The number of benzene rings is 1. The molecule has 0 bridgehead atoms. The molecule has 2 aromatic heterocycles. The van der Waals surface area contributed by atoms with Crippen molar-refractivity contribution in [3.8, 4) is 0 Å². The lowest BCUT2D eigenvalue weighted by Crippen LogP contribution is -2.31. The maximum absolute atomic E-state index is 12.8. The smallest absolute Gasteiger partial charge is 0.341 e. The number of nitrogens with zero attached hydrogens (tertiary/aromatic N) is 1. The maximum Gasteiger partial charge on any atom is 0.341 e. The normalized spacial score (nSPS) is 11.8. The number of furan rings is 1. The van der Waals surface area contributed by atoms with Crippen molar-refractivity contribution in [2.45, 2.75) is 17.2 Å². The van der Waals surface area contributed by atoms with Crippen molar-refractivity contribution < 1.29 is 26.4 Å². The van der Waals surface area contributed by atoms with E-state index in [1.165, 1.54) is 29.2 Å². The van der Waals surface area contributed by atoms with Crippen LogP contribution < -0.4 is 10.9 Å². The summed E-state index contributed by atoms with van der Waals surface area (Å²) in [6, 6.07) is 8.03. The monoisotopic (exact) mass is 396 g/mol. The van der Waals surface area contributed by atoms with Crippen molar-refractivity contribution in [3.63, 3.8) is 0 Å². The molecule has 0 aliphatic heterocycles. The van der Waals surface area contributed by atoms with Crippen molar-refractivity contribution in [3.05, 3.63) is 64.8 Å². The molecule has 0 atom stereocenters. The van der Waals surface area contributed by atoms with Crippen LogP contribution >= 0.6 is 0 Å². The first kappa shape index (κ1) is 18.8. The summed E-state index contributed by atoms with van der Waals surface area (Å²) in [6.45, 7) is 0.0684. The molecule has 0 aliphatic carbocycles. The summed E-state index contributed by atoms with van der Waals surface area (Å²) in [5, 5.41) is 3.07. The molecule has 2 heterocycles. The van der Waals surface area contributed by atoms with Gasteiger partial charge in [-0.1, -0.05) is 12.1 Å². The molecule has 0 saturated heterocycles. The second-order valence-electron chi connectivity index (χ2n) is 5.58. The van der Waals surface area contributed by atoms with Crippen molar-refractivity contribution in [1.82, 2.24) is 9.88 Å². The van der Waals surface area contributed by atoms with E-state index in [0.29, 0.717) is 5.39 Å². The third kappa shape index (κ3) is 3.61. The van der Waals surface area contributed by atoms with Crippen LogP contribution in [0.25, 0.3) is 11.0 Å². The van der Waals surface area contributed by atoms with Gasteiger partial charge in [0.15, 0.2) is 5.58 Å². The van der Waals surface area contributed by atoms with Crippen LogP contribution in [0.15, 0.2) is 63.0 Å². The standard InChI is InChI=1S/C17H14F2N2O5S/c18-17(19)27(24,25)13-4-2-1-3-12(13)15(22)20-7-9-21-8-5-11-6-10-26-14(11)16(21)23/h1-6,8,10,17H,7,9H2,(H,20,22). The lowest BCUT2D eigenvalue weighted by Gasteiger charge is -2.11. The van der Waals surface area contributed by atoms with Crippen molar-refractivity contribution in [1.29, 1.82) is 0 Å². The number of alkyl halides is 2. The molecule has 0 spiro atoms. The lowest BCUT2D eigenvalue weighted by molar-refractivity contribution is 0.0949. The van der Waals surface area contributed by atoms with E-state index in [2.05, 4.69) is 5.32 Å². The van der Waals surface area contributed by atoms with E-state index in [9.17, 15) is 26.8 Å². The van der Waals surface area contributed by atoms with Crippen molar-refractivity contribution >= 4 is 26.7 Å². The largest absolute Gasteiger partial charge is 0.459 e. The van der Waals surface area contributed by atoms with E-state index in [0.717, 1.165) is 12.1 Å². The van der Waals surface area contributed by atoms with Crippen LogP contribution in [0.1, 0.15) is 10.4 Å². The maximum atomic E-state index is 12.8. The zero-order chi connectivity index (χ0) is 19.6. The topological polar surface area (TPSA) is 98.4 Å². The summed E-state index contributed by atoms with van der Waals surface area (Å²) < 4.78 is 55.4. The number of carbonyl (C=O) groups excluding carboxylic acids is 1. The van der Waals surface area contributed by atoms with Gasteiger partial charge < -0.3 is 14.3 Å². The van der Waals surface area contributed by atoms with Crippen LogP contribution in [0.4, 0.5) is 8.78 Å². The first-order valence-electron chi connectivity index (χ1n) is 7.78. The van der Waals surface area contributed by atoms with Gasteiger partial charge in [0.2, 0.25) is 9.84 Å². The van der Waals surface area contributed by atoms with Gasteiger partial charge in [-0.25, -0.2) is 8.42 Å². The van der Waals surface area contributed by atoms with Crippen LogP contribution in [0, 0.1) is 0 Å². The van der Waals surface area contributed by atoms with Gasteiger partial charge in [0.05, 0.1) is 16.7 Å². The predicted octanol–water partition coefficient (Wildman–Crippen LogP) is 2.02. The van der Waals surface area contributed by atoms with E-state index in [-0.39, 0.29) is 29.8 Å². The number of aromatic nitrogens is 1. The molecule has 27 heavy (non-hydrogen) atoms. The average Bonchev–Trinajstić information content (AvgIpc) is 3.13. The molecule has 10 heteroatoms. The number of amides is 1. The Morgan fingerprint density at radius 3 is 2.67 bits per heavy atom. The molecular weight excluding hydrogens is 382 g/mol. The van der Waals surface area contributed by atoms with Crippen LogP contribution in [-0.4, -0.2) is 31.2 Å².